The molecule has 1 unspecified atom stereocenters. The largest absolute Gasteiger partial charge is 0.348 e. The van der Waals surface area contributed by atoms with Crippen LogP contribution >= 0.6 is 0 Å². The quantitative estimate of drug-likeness (QED) is 0.658. The van der Waals surface area contributed by atoms with Gasteiger partial charge in [-0.3, -0.25) is 9.69 Å². The van der Waals surface area contributed by atoms with E-state index in [9.17, 15) is 13.2 Å². The maximum atomic E-state index is 13.0. The van der Waals surface area contributed by atoms with Crippen LogP contribution in [0.2, 0.25) is 0 Å². The van der Waals surface area contributed by atoms with Gasteiger partial charge in [-0.15, -0.1) is 0 Å². The average Bonchev–Trinajstić information content (AvgIpc) is 2.79. The van der Waals surface area contributed by atoms with Gasteiger partial charge < -0.3 is 5.32 Å². The predicted molar refractivity (Wildman–Crippen MR) is 128 cm³/mol. The number of benzene rings is 2. The molecule has 174 valence electrons. The molecule has 0 spiro atoms. The normalized spacial score (nSPS) is 16.8. The van der Waals surface area contributed by atoms with Crippen LogP contribution in [0.15, 0.2) is 53.4 Å². The molecule has 1 aliphatic heterocycles. The summed E-state index contributed by atoms with van der Waals surface area (Å²) in [6.07, 6.45) is 0.992. The van der Waals surface area contributed by atoms with Crippen molar-refractivity contribution >= 4 is 15.9 Å². The van der Waals surface area contributed by atoms with Crippen LogP contribution in [-0.4, -0.2) is 56.3 Å². The van der Waals surface area contributed by atoms with E-state index in [1.54, 1.807) is 12.1 Å². The van der Waals surface area contributed by atoms with Crippen molar-refractivity contribution in [2.24, 2.45) is 0 Å². The number of nitrogens with one attached hydrogen (secondary N) is 1. The second-order valence-electron chi connectivity index (χ2n) is 8.79. The van der Waals surface area contributed by atoms with Gasteiger partial charge in [-0.25, -0.2) is 8.42 Å². The van der Waals surface area contributed by atoms with Gasteiger partial charge in [0.25, 0.3) is 0 Å². The van der Waals surface area contributed by atoms with Gasteiger partial charge in [0.05, 0.1) is 17.5 Å². The summed E-state index contributed by atoms with van der Waals surface area (Å²) >= 11 is 0. The minimum atomic E-state index is -3.51. The van der Waals surface area contributed by atoms with Crippen LogP contribution in [-0.2, 0) is 21.2 Å². The smallest absolute Gasteiger partial charge is 0.243 e. The van der Waals surface area contributed by atoms with Crippen LogP contribution in [0.1, 0.15) is 56.3 Å². The van der Waals surface area contributed by atoms with Crippen molar-refractivity contribution in [2.45, 2.75) is 51.0 Å². The molecule has 1 atom stereocenters. The Morgan fingerprint density at radius 2 is 1.47 bits per heavy atom. The third kappa shape index (κ3) is 5.97. The lowest BCUT2D eigenvalue weighted by atomic mass is 10.0. The standard InChI is InChI=1S/C25H35N3O3S/c1-5-21-6-8-23(9-7-21)20(4)26-25(29)18-27-14-16-28(17-15-27)32(30,31)24-12-10-22(11-13-24)19(2)3/h6-13,19-20H,5,14-18H2,1-4H3,(H,26,29). The van der Waals surface area contributed by atoms with Crippen molar-refractivity contribution < 1.29 is 13.2 Å². The first kappa shape index (κ1) is 24.4. The molecular weight excluding hydrogens is 422 g/mol. The fourth-order valence-electron chi connectivity index (χ4n) is 3.92. The van der Waals surface area contributed by atoms with Crippen LogP contribution in [0.3, 0.4) is 0 Å². The van der Waals surface area contributed by atoms with E-state index in [-0.39, 0.29) is 18.5 Å². The van der Waals surface area contributed by atoms with E-state index in [2.05, 4.69) is 50.4 Å². The maximum Gasteiger partial charge on any atom is 0.243 e. The molecular formula is C25H35N3O3S. The summed E-state index contributed by atoms with van der Waals surface area (Å²) in [5.74, 6) is 0.317. The van der Waals surface area contributed by atoms with Crippen molar-refractivity contribution in [3.63, 3.8) is 0 Å². The molecule has 6 nitrogen and oxygen atoms in total. The zero-order valence-electron chi connectivity index (χ0n) is 19.5. The average molecular weight is 458 g/mol. The number of nitrogens with zero attached hydrogens (tertiary/aromatic N) is 2. The SMILES string of the molecule is CCc1ccc(C(C)NC(=O)CN2CCN(S(=O)(=O)c3ccc(C(C)C)cc3)CC2)cc1. The summed E-state index contributed by atoms with van der Waals surface area (Å²) < 4.78 is 27.5. The number of carbonyl (C=O) groups is 1. The third-order valence-corrected chi connectivity index (χ3v) is 8.06. The Balaban J connectivity index is 1.50. The van der Waals surface area contributed by atoms with Crippen molar-refractivity contribution in [3.05, 3.63) is 65.2 Å². The van der Waals surface area contributed by atoms with Gasteiger partial charge in [-0.1, -0.05) is 57.2 Å². The highest BCUT2D eigenvalue weighted by atomic mass is 32.2. The first-order valence-corrected chi connectivity index (χ1v) is 12.9. The number of piperazine rings is 1. The summed E-state index contributed by atoms with van der Waals surface area (Å²) in [7, 11) is -3.51. The number of hydrogen-bond acceptors (Lipinski definition) is 4. The number of sulfonamides is 1. The Bertz CT molecular complexity index is 994. The minimum absolute atomic E-state index is 0.0438. The molecule has 1 N–H and O–H groups in total. The highest BCUT2D eigenvalue weighted by Gasteiger charge is 2.29. The molecule has 1 amide bonds. The Hall–Kier alpha value is -2.22. The zero-order valence-corrected chi connectivity index (χ0v) is 20.4. The van der Waals surface area contributed by atoms with E-state index in [0.29, 0.717) is 37.0 Å². The highest BCUT2D eigenvalue weighted by Crippen LogP contribution is 2.21. The molecule has 1 saturated heterocycles. The number of aryl methyl sites for hydroxylation is 1. The lowest BCUT2D eigenvalue weighted by molar-refractivity contribution is -0.123. The summed E-state index contributed by atoms with van der Waals surface area (Å²) in [4.78, 5) is 14.9. The predicted octanol–water partition coefficient (Wildman–Crippen LogP) is 3.56. The lowest BCUT2D eigenvalue weighted by Crippen LogP contribution is -2.51. The van der Waals surface area contributed by atoms with Crippen LogP contribution in [0, 0.1) is 0 Å². The van der Waals surface area contributed by atoms with Gasteiger partial charge in [0.2, 0.25) is 15.9 Å². The molecule has 3 rings (SSSR count). The van der Waals surface area contributed by atoms with Gasteiger partial charge in [-0.05, 0) is 48.1 Å². The Labute approximate surface area is 192 Å². The van der Waals surface area contributed by atoms with Crippen molar-refractivity contribution in [1.82, 2.24) is 14.5 Å². The molecule has 0 bridgehead atoms. The molecule has 1 fully saturated rings. The van der Waals surface area contributed by atoms with Gasteiger partial charge in [0.15, 0.2) is 0 Å². The summed E-state index contributed by atoms with van der Waals surface area (Å²) in [6.45, 7) is 10.4. The number of hydrogen-bond donors (Lipinski definition) is 1. The van der Waals surface area contributed by atoms with Gasteiger partial charge in [0, 0.05) is 26.2 Å². The molecule has 2 aromatic rings. The van der Waals surface area contributed by atoms with Crippen LogP contribution < -0.4 is 5.32 Å². The first-order chi connectivity index (χ1) is 15.2. The number of rotatable bonds is 8. The van der Waals surface area contributed by atoms with Gasteiger partial charge in [-0.2, -0.15) is 4.31 Å². The molecule has 0 radical (unpaired) electrons. The van der Waals surface area contributed by atoms with E-state index in [1.807, 2.05) is 24.0 Å². The molecule has 7 heteroatoms. The molecule has 32 heavy (non-hydrogen) atoms. The molecule has 0 aromatic heterocycles. The van der Waals surface area contributed by atoms with Crippen molar-refractivity contribution in [2.75, 3.05) is 32.7 Å². The maximum absolute atomic E-state index is 13.0. The second-order valence-corrected chi connectivity index (χ2v) is 10.7. The molecule has 0 saturated carbocycles. The Kier molecular flexibility index (Phi) is 8.09. The van der Waals surface area contributed by atoms with E-state index in [1.165, 1.54) is 9.87 Å². The molecule has 1 heterocycles. The Morgan fingerprint density at radius 3 is 2.00 bits per heavy atom. The monoisotopic (exact) mass is 457 g/mol. The van der Waals surface area contributed by atoms with Crippen LogP contribution in [0.4, 0.5) is 0 Å². The Morgan fingerprint density at radius 1 is 0.906 bits per heavy atom. The minimum Gasteiger partial charge on any atom is -0.348 e. The van der Waals surface area contributed by atoms with Crippen molar-refractivity contribution in [1.29, 1.82) is 0 Å². The van der Waals surface area contributed by atoms with E-state index >= 15 is 0 Å². The number of amides is 1. The van der Waals surface area contributed by atoms with Crippen molar-refractivity contribution in [3.8, 4) is 0 Å². The molecule has 2 aromatic carbocycles. The third-order valence-electron chi connectivity index (χ3n) is 6.15. The number of carbonyl (C=O) groups excluding carboxylic acids is 1. The van der Waals surface area contributed by atoms with Gasteiger partial charge >= 0.3 is 0 Å². The molecule has 1 aliphatic rings. The van der Waals surface area contributed by atoms with Crippen LogP contribution in [0.25, 0.3) is 0 Å². The summed E-state index contributed by atoms with van der Waals surface area (Å²) in [5.41, 5.74) is 3.47. The highest BCUT2D eigenvalue weighted by molar-refractivity contribution is 7.89. The topological polar surface area (TPSA) is 69.7 Å². The van der Waals surface area contributed by atoms with E-state index in [4.69, 9.17) is 0 Å². The lowest BCUT2D eigenvalue weighted by Gasteiger charge is -2.33. The fourth-order valence-corrected chi connectivity index (χ4v) is 5.34. The second kappa shape index (κ2) is 10.6. The fraction of sp³-hybridized carbons (Fsp3) is 0.480. The molecule has 0 aliphatic carbocycles. The zero-order chi connectivity index (χ0) is 23.3. The van der Waals surface area contributed by atoms with Crippen LogP contribution in [0.5, 0.6) is 0 Å². The first-order valence-electron chi connectivity index (χ1n) is 11.4. The summed E-state index contributed by atoms with van der Waals surface area (Å²) in [5, 5.41) is 3.05. The van der Waals surface area contributed by atoms with Gasteiger partial charge in [0.1, 0.15) is 0 Å². The van der Waals surface area contributed by atoms with E-state index in [0.717, 1.165) is 17.5 Å². The van der Waals surface area contributed by atoms with E-state index < -0.39 is 10.0 Å². The summed E-state index contributed by atoms with van der Waals surface area (Å²) in [6, 6.07) is 15.4.